The van der Waals surface area contributed by atoms with Gasteiger partial charge in [0.1, 0.15) is 0 Å². The Kier molecular flexibility index (Phi) is 4.29. The van der Waals surface area contributed by atoms with E-state index in [1.54, 1.807) is 0 Å². The molecule has 0 aromatic rings. The fraction of sp³-hybridized carbons (Fsp3) is 0.933. The lowest BCUT2D eigenvalue weighted by molar-refractivity contribution is -0.139. The zero-order chi connectivity index (χ0) is 14.0. The molecule has 2 atom stereocenters. The summed E-state index contributed by atoms with van der Waals surface area (Å²) in [6, 6.07) is 0. The average molecular weight is 282 g/mol. The molecule has 2 aliphatic heterocycles. The molecule has 5 heteroatoms. The van der Waals surface area contributed by atoms with E-state index in [1.165, 1.54) is 0 Å². The molecule has 1 spiro atoms. The monoisotopic (exact) mass is 282 g/mol. The summed E-state index contributed by atoms with van der Waals surface area (Å²) in [5.41, 5.74) is -0.268. The summed E-state index contributed by atoms with van der Waals surface area (Å²) >= 11 is 0. The summed E-state index contributed by atoms with van der Waals surface area (Å²) in [5.74, 6) is 0.294. The molecule has 2 unspecified atom stereocenters. The van der Waals surface area contributed by atoms with Gasteiger partial charge < -0.3 is 14.4 Å². The van der Waals surface area contributed by atoms with Crippen LogP contribution in [0.5, 0.6) is 0 Å². The molecule has 1 N–H and O–H groups in total. The fourth-order valence-corrected chi connectivity index (χ4v) is 3.78. The van der Waals surface area contributed by atoms with Gasteiger partial charge in [0.2, 0.25) is 5.91 Å². The maximum Gasteiger partial charge on any atom is 0.244 e. The molecule has 5 nitrogen and oxygen atoms in total. The third-order valence-electron chi connectivity index (χ3n) is 4.79. The maximum atomic E-state index is 12.9. The van der Waals surface area contributed by atoms with Crippen molar-refractivity contribution < 1.29 is 14.3 Å². The highest BCUT2D eigenvalue weighted by Crippen LogP contribution is 2.37. The van der Waals surface area contributed by atoms with Gasteiger partial charge in [-0.3, -0.25) is 10.1 Å². The normalized spacial score (nSPS) is 33.2. The smallest absolute Gasteiger partial charge is 0.244 e. The summed E-state index contributed by atoms with van der Waals surface area (Å²) in [6.07, 6.45) is 6.61. The minimum absolute atomic E-state index is 0.0328. The molecule has 0 aromatic carbocycles. The van der Waals surface area contributed by atoms with Crippen molar-refractivity contribution >= 4 is 5.91 Å². The highest BCUT2D eigenvalue weighted by molar-refractivity contribution is 5.89. The van der Waals surface area contributed by atoms with Crippen LogP contribution in [0.2, 0.25) is 0 Å². The van der Waals surface area contributed by atoms with Crippen LogP contribution in [0.25, 0.3) is 0 Å². The van der Waals surface area contributed by atoms with E-state index < -0.39 is 0 Å². The molecule has 0 radical (unpaired) electrons. The Morgan fingerprint density at radius 3 is 2.80 bits per heavy atom. The summed E-state index contributed by atoms with van der Waals surface area (Å²) < 4.78 is 11.2. The quantitative estimate of drug-likeness (QED) is 0.844. The number of amides is 1. The van der Waals surface area contributed by atoms with E-state index in [0.29, 0.717) is 32.3 Å². The van der Waals surface area contributed by atoms with E-state index in [9.17, 15) is 4.79 Å². The zero-order valence-corrected chi connectivity index (χ0v) is 12.4. The molecule has 114 valence electrons. The van der Waals surface area contributed by atoms with Crippen LogP contribution < -0.4 is 5.32 Å². The topological polar surface area (TPSA) is 50.8 Å². The van der Waals surface area contributed by atoms with Crippen molar-refractivity contribution in [1.29, 1.82) is 0 Å². The number of carbonyl (C=O) groups is 1. The van der Waals surface area contributed by atoms with Crippen molar-refractivity contribution in [2.24, 2.45) is 0 Å². The second-order valence-corrected chi connectivity index (χ2v) is 6.26. The van der Waals surface area contributed by atoms with Gasteiger partial charge >= 0.3 is 0 Å². The summed E-state index contributed by atoms with van der Waals surface area (Å²) in [6.45, 7) is 4.76. The van der Waals surface area contributed by atoms with Gasteiger partial charge in [0.15, 0.2) is 0 Å². The van der Waals surface area contributed by atoms with Crippen LogP contribution in [0.3, 0.4) is 0 Å². The van der Waals surface area contributed by atoms with Crippen molar-refractivity contribution in [3.8, 4) is 0 Å². The first kappa shape index (κ1) is 14.3. The molecule has 2 saturated heterocycles. The molecule has 3 aliphatic rings. The maximum absolute atomic E-state index is 12.9. The minimum Gasteiger partial charge on any atom is -0.376 e. The van der Waals surface area contributed by atoms with Crippen molar-refractivity contribution in [3.63, 3.8) is 0 Å². The highest BCUT2D eigenvalue weighted by Gasteiger charge is 2.52. The Balaban J connectivity index is 1.70. The Bertz CT molecular complexity index is 349. The second kappa shape index (κ2) is 6.00. The fourth-order valence-electron chi connectivity index (χ4n) is 3.78. The van der Waals surface area contributed by atoms with Gasteiger partial charge in [0.05, 0.1) is 44.2 Å². The molecule has 1 amide bonds. The Morgan fingerprint density at radius 2 is 2.15 bits per heavy atom. The predicted octanol–water partition coefficient (Wildman–Crippen LogP) is 1.27. The first-order valence-corrected chi connectivity index (χ1v) is 8.03. The van der Waals surface area contributed by atoms with Crippen LogP contribution in [0.4, 0.5) is 0 Å². The third kappa shape index (κ3) is 2.59. The Hall–Kier alpha value is -0.650. The second-order valence-electron chi connectivity index (χ2n) is 6.26. The Labute approximate surface area is 121 Å². The van der Waals surface area contributed by atoms with Gasteiger partial charge in [-0.15, -0.1) is 0 Å². The molecule has 3 rings (SSSR count). The predicted molar refractivity (Wildman–Crippen MR) is 75.3 cm³/mol. The first-order valence-electron chi connectivity index (χ1n) is 8.03. The molecule has 1 saturated carbocycles. The van der Waals surface area contributed by atoms with E-state index >= 15 is 0 Å². The summed E-state index contributed by atoms with van der Waals surface area (Å²) in [5, 5.41) is 3.64. The Morgan fingerprint density at radius 1 is 1.35 bits per heavy atom. The summed E-state index contributed by atoms with van der Waals surface area (Å²) in [7, 11) is 0. The molecular weight excluding hydrogens is 256 g/mol. The molecular formula is C15H26N2O3. The van der Waals surface area contributed by atoms with E-state index in [-0.39, 0.29) is 17.8 Å². The van der Waals surface area contributed by atoms with Crippen LogP contribution >= 0.6 is 0 Å². The van der Waals surface area contributed by atoms with Gasteiger partial charge in [0, 0.05) is 0 Å². The molecule has 1 aliphatic carbocycles. The minimum atomic E-state index is -0.268. The standard InChI is InChI=1S/C15H26N2O3/c1-2-5-13-16-15(6-3-4-7-15)14(18)17(13)10-12-11-19-8-9-20-12/h12-13,16H,2-11H2,1H3. The molecule has 0 aromatic heterocycles. The van der Waals surface area contributed by atoms with E-state index in [0.717, 1.165) is 38.5 Å². The number of nitrogens with zero attached hydrogens (tertiary/aromatic N) is 1. The lowest BCUT2D eigenvalue weighted by Crippen LogP contribution is -2.46. The number of nitrogens with one attached hydrogen (secondary N) is 1. The SMILES string of the molecule is CCCC1NC2(CCCC2)C(=O)N1CC1COCCO1. The van der Waals surface area contributed by atoms with Crippen molar-refractivity contribution in [1.82, 2.24) is 10.2 Å². The van der Waals surface area contributed by atoms with Gasteiger partial charge in [0.25, 0.3) is 0 Å². The van der Waals surface area contributed by atoms with Crippen LogP contribution in [0, 0.1) is 0 Å². The number of hydrogen-bond acceptors (Lipinski definition) is 4. The van der Waals surface area contributed by atoms with Gasteiger partial charge in [-0.25, -0.2) is 0 Å². The van der Waals surface area contributed by atoms with E-state index in [2.05, 4.69) is 12.2 Å². The lowest BCUT2D eigenvalue weighted by atomic mass is 9.98. The molecule has 2 heterocycles. The zero-order valence-electron chi connectivity index (χ0n) is 12.4. The van der Waals surface area contributed by atoms with Gasteiger partial charge in [-0.1, -0.05) is 26.2 Å². The number of rotatable bonds is 4. The van der Waals surface area contributed by atoms with E-state index in [1.807, 2.05) is 4.90 Å². The van der Waals surface area contributed by atoms with Crippen LogP contribution in [0.15, 0.2) is 0 Å². The third-order valence-corrected chi connectivity index (χ3v) is 4.79. The largest absolute Gasteiger partial charge is 0.376 e. The molecule has 0 bridgehead atoms. The number of carbonyl (C=O) groups excluding carboxylic acids is 1. The average Bonchev–Trinajstić information content (AvgIpc) is 3.03. The number of hydrogen-bond donors (Lipinski definition) is 1. The lowest BCUT2D eigenvalue weighted by Gasteiger charge is -2.30. The van der Waals surface area contributed by atoms with Crippen molar-refractivity contribution in [2.45, 2.75) is 63.3 Å². The molecule has 3 fully saturated rings. The highest BCUT2D eigenvalue weighted by atomic mass is 16.6. The molecule has 20 heavy (non-hydrogen) atoms. The van der Waals surface area contributed by atoms with Crippen LogP contribution in [-0.4, -0.2) is 55.0 Å². The van der Waals surface area contributed by atoms with Gasteiger partial charge in [-0.2, -0.15) is 0 Å². The van der Waals surface area contributed by atoms with Crippen LogP contribution in [-0.2, 0) is 14.3 Å². The van der Waals surface area contributed by atoms with Crippen molar-refractivity contribution in [2.75, 3.05) is 26.4 Å². The summed E-state index contributed by atoms with van der Waals surface area (Å²) in [4.78, 5) is 14.9. The first-order chi connectivity index (χ1) is 9.75. The number of ether oxygens (including phenoxy) is 2. The van der Waals surface area contributed by atoms with Crippen LogP contribution in [0.1, 0.15) is 45.4 Å². The van der Waals surface area contributed by atoms with Gasteiger partial charge in [-0.05, 0) is 19.3 Å². The van der Waals surface area contributed by atoms with Crippen molar-refractivity contribution in [3.05, 3.63) is 0 Å². The van der Waals surface area contributed by atoms with E-state index in [4.69, 9.17) is 9.47 Å².